The molecule has 0 aliphatic carbocycles. The van der Waals surface area contributed by atoms with E-state index in [1.54, 1.807) is 12.1 Å². The maximum atomic E-state index is 12.8. The van der Waals surface area contributed by atoms with Crippen LogP contribution in [0.1, 0.15) is 46.4 Å². The van der Waals surface area contributed by atoms with Crippen molar-refractivity contribution >= 4 is 23.4 Å². The molecule has 0 N–H and O–H groups in total. The van der Waals surface area contributed by atoms with Gasteiger partial charge in [-0.3, -0.25) is 9.59 Å². The van der Waals surface area contributed by atoms with Crippen LogP contribution in [-0.2, 0) is 0 Å². The molecule has 0 unspecified atom stereocenters. The van der Waals surface area contributed by atoms with Crippen molar-refractivity contribution in [1.82, 2.24) is 9.80 Å². The minimum Gasteiger partial charge on any atom is -0.493 e. The summed E-state index contributed by atoms with van der Waals surface area (Å²) in [6, 6.07) is 14.6. The number of nitrogens with zero attached hydrogens (tertiary/aromatic N) is 2. The highest BCUT2D eigenvalue weighted by Crippen LogP contribution is 2.24. The number of benzene rings is 2. The molecule has 2 amide bonds. The molecule has 30 heavy (non-hydrogen) atoms. The van der Waals surface area contributed by atoms with Gasteiger partial charge in [-0.2, -0.15) is 0 Å². The van der Waals surface area contributed by atoms with Gasteiger partial charge in [0.25, 0.3) is 11.8 Å². The number of piperidine rings is 1. The molecule has 2 aliphatic heterocycles. The number of carbonyl (C=O) groups excluding carboxylic acids is 2. The first-order valence-electron chi connectivity index (χ1n) is 10.7. The van der Waals surface area contributed by atoms with Gasteiger partial charge in [-0.05, 0) is 56.0 Å². The Hall–Kier alpha value is -2.53. The summed E-state index contributed by atoms with van der Waals surface area (Å²) >= 11 is 6.20. The largest absolute Gasteiger partial charge is 0.493 e. The topological polar surface area (TPSA) is 49.9 Å². The molecule has 4 rings (SSSR count). The van der Waals surface area contributed by atoms with Gasteiger partial charge in [-0.15, -0.1) is 0 Å². The zero-order valence-corrected chi connectivity index (χ0v) is 17.8. The van der Waals surface area contributed by atoms with Crippen LogP contribution in [0.2, 0.25) is 5.02 Å². The highest BCUT2D eigenvalue weighted by atomic mass is 35.5. The van der Waals surface area contributed by atoms with Crippen molar-refractivity contribution < 1.29 is 14.3 Å². The van der Waals surface area contributed by atoms with Gasteiger partial charge in [0, 0.05) is 37.7 Å². The first-order valence-corrected chi connectivity index (χ1v) is 11.1. The molecule has 6 heteroatoms. The first-order chi connectivity index (χ1) is 14.6. The van der Waals surface area contributed by atoms with Crippen molar-refractivity contribution in [3.63, 3.8) is 0 Å². The van der Waals surface area contributed by atoms with Crippen molar-refractivity contribution in [2.45, 2.75) is 25.7 Å². The third-order valence-corrected chi connectivity index (χ3v) is 6.20. The molecule has 0 radical (unpaired) electrons. The number of ether oxygens (including phenoxy) is 1. The van der Waals surface area contributed by atoms with E-state index in [4.69, 9.17) is 16.3 Å². The predicted octanol–water partition coefficient (Wildman–Crippen LogP) is 4.51. The van der Waals surface area contributed by atoms with Crippen LogP contribution in [0.3, 0.4) is 0 Å². The van der Waals surface area contributed by atoms with Gasteiger partial charge in [0.2, 0.25) is 0 Å². The molecule has 2 fully saturated rings. The molecule has 2 saturated heterocycles. The highest BCUT2D eigenvalue weighted by molar-refractivity contribution is 6.33. The predicted molar refractivity (Wildman–Crippen MR) is 117 cm³/mol. The van der Waals surface area contributed by atoms with Gasteiger partial charge in [0.1, 0.15) is 5.75 Å². The third kappa shape index (κ3) is 4.78. The number of amides is 2. The maximum absolute atomic E-state index is 12.8. The van der Waals surface area contributed by atoms with Gasteiger partial charge in [0.05, 0.1) is 17.2 Å². The average molecular weight is 427 g/mol. The number of halogens is 1. The number of rotatable bonds is 5. The Labute approximate surface area is 182 Å². The van der Waals surface area contributed by atoms with Crippen LogP contribution in [0.5, 0.6) is 5.75 Å². The first kappa shape index (κ1) is 20.7. The molecule has 2 aliphatic rings. The summed E-state index contributed by atoms with van der Waals surface area (Å²) in [4.78, 5) is 29.2. The van der Waals surface area contributed by atoms with E-state index in [0.717, 1.165) is 45.3 Å². The van der Waals surface area contributed by atoms with Crippen molar-refractivity contribution in [2.24, 2.45) is 5.92 Å². The van der Waals surface area contributed by atoms with Crippen LogP contribution in [0.25, 0.3) is 0 Å². The van der Waals surface area contributed by atoms with Crippen LogP contribution in [0, 0.1) is 5.92 Å². The lowest BCUT2D eigenvalue weighted by Gasteiger charge is -2.33. The molecule has 1 atom stereocenters. The summed E-state index contributed by atoms with van der Waals surface area (Å²) in [7, 11) is 0. The Balaban J connectivity index is 1.35. The summed E-state index contributed by atoms with van der Waals surface area (Å²) in [6.07, 6.45) is 4.11. The minimum absolute atomic E-state index is 0.0245. The van der Waals surface area contributed by atoms with E-state index in [1.807, 2.05) is 46.2 Å². The van der Waals surface area contributed by atoms with E-state index in [0.29, 0.717) is 35.1 Å². The van der Waals surface area contributed by atoms with Gasteiger partial charge in [-0.1, -0.05) is 29.8 Å². The van der Waals surface area contributed by atoms with Crippen molar-refractivity contribution in [3.05, 3.63) is 64.7 Å². The lowest BCUT2D eigenvalue weighted by atomic mass is 9.98. The highest BCUT2D eigenvalue weighted by Gasteiger charge is 2.26. The van der Waals surface area contributed by atoms with E-state index < -0.39 is 0 Å². The number of hydrogen-bond donors (Lipinski definition) is 0. The van der Waals surface area contributed by atoms with Crippen LogP contribution in [0.15, 0.2) is 48.5 Å². The summed E-state index contributed by atoms with van der Waals surface area (Å²) in [6.45, 7) is 3.58. The second-order valence-electron chi connectivity index (χ2n) is 8.08. The van der Waals surface area contributed by atoms with E-state index in [9.17, 15) is 9.59 Å². The van der Waals surface area contributed by atoms with E-state index in [1.165, 1.54) is 0 Å². The fraction of sp³-hybridized carbons (Fsp3) is 0.417. The standard InChI is InChI=1S/C24H27ClN2O3/c25-22-11-2-1-10-21(22)24(29)27-14-6-7-18(16-27)17-30-20-9-5-8-19(15-20)23(28)26-12-3-4-13-26/h1-2,5,8-11,15,18H,3-4,6-7,12-14,16-17H2/t18-/m0/s1. The molecular formula is C24H27ClN2O3. The van der Waals surface area contributed by atoms with Gasteiger partial charge in [0.15, 0.2) is 0 Å². The minimum atomic E-state index is -0.0245. The monoisotopic (exact) mass is 426 g/mol. The molecule has 5 nitrogen and oxygen atoms in total. The smallest absolute Gasteiger partial charge is 0.255 e. The molecule has 2 aromatic carbocycles. The maximum Gasteiger partial charge on any atom is 0.255 e. The van der Waals surface area contributed by atoms with E-state index in [-0.39, 0.29) is 17.7 Å². The third-order valence-electron chi connectivity index (χ3n) is 5.87. The van der Waals surface area contributed by atoms with Crippen molar-refractivity contribution in [3.8, 4) is 5.75 Å². The molecule has 0 saturated carbocycles. The Morgan fingerprint density at radius 1 is 0.933 bits per heavy atom. The van der Waals surface area contributed by atoms with Crippen LogP contribution < -0.4 is 4.74 Å². The summed E-state index contributed by atoms with van der Waals surface area (Å²) in [5.41, 5.74) is 1.22. The molecule has 0 aromatic heterocycles. The summed E-state index contributed by atoms with van der Waals surface area (Å²) in [5.74, 6) is 1.01. The zero-order chi connectivity index (χ0) is 20.9. The quantitative estimate of drug-likeness (QED) is 0.706. The van der Waals surface area contributed by atoms with Crippen LogP contribution in [-0.4, -0.2) is 54.4 Å². The second kappa shape index (κ2) is 9.52. The van der Waals surface area contributed by atoms with E-state index in [2.05, 4.69) is 0 Å². The Morgan fingerprint density at radius 2 is 1.70 bits per heavy atom. The fourth-order valence-corrected chi connectivity index (χ4v) is 4.44. The second-order valence-corrected chi connectivity index (χ2v) is 8.48. The van der Waals surface area contributed by atoms with Gasteiger partial charge < -0.3 is 14.5 Å². The van der Waals surface area contributed by atoms with Crippen LogP contribution in [0.4, 0.5) is 0 Å². The number of likely N-dealkylation sites (tertiary alicyclic amines) is 2. The zero-order valence-electron chi connectivity index (χ0n) is 17.1. The molecule has 2 heterocycles. The molecule has 2 aromatic rings. The lowest BCUT2D eigenvalue weighted by molar-refractivity contribution is 0.0632. The molecule has 0 bridgehead atoms. The SMILES string of the molecule is O=C(c1cccc(OC[C@H]2CCCN(C(=O)c3ccccc3Cl)C2)c1)N1CCCC1. The molecule has 0 spiro atoms. The summed E-state index contributed by atoms with van der Waals surface area (Å²) in [5, 5.41) is 0.486. The molecule has 158 valence electrons. The number of carbonyl (C=O) groups is 2. The fourth-order valence-electron chi connectivity index (χ4n) is 4.23. The Bertz CT molecular complexity index is 911. The Kier molecular flexibility index (Phi) is 6.58. The van der Waals surface area contributed by atoms with E-state index >= 15 is 0 Å². The Morgan fingerprint density at radius 3 is 2.50 bits per heavy atom. The van der Waals surface area contributed by atoms with Crippen molar-refractivity contribution in [1.29, 1.82) is 0 Å². The number of hydrogen-bond acceptors (Lipinski definition) is 3. The van der Waals surface area contributed by atoms with Crippen molar-refractivity contribution in [2.75, 3.05) is 32.8 Å². The van der Waals surface area contributed by atoms with Gasteiger partial charge >= 0.3 is 0 Å². The van der Waals surface area contributed by atoms with Gasteiger partial charge in [-0.25, -0.2) is 0 Å². The van der Waals surface area contributed by atoms with Crippen LogP contribution >= 0.6 is 11.6 Å². The lowest BCUT2D eigenvalue weighted by Crippen LogP contribution is -2.41. The molecular weight excluding hydrogens is 400 g/mol. The summed E-state index contributed by atoms with van der Waals surface area (Å²) < 4.78 is 6.02. The average Bonchev–Trinajstić information content (AvgIpc) is 3.32. The normalized spacial score (nSPS) is 19.0.